The lowest BCUT2D eigenvalue weighted by atomic mass is 10.1. The zero-order chi connectivity index (χ0) is 12.7. The molecule has 5 nitrogen and oxygen atoms in total. The zero-order valence-corrected chi connectivity index (χ0v) is 11.0. The van der Waals surface area contributed by atoms with Crippen LogP contribution in [0.4, 0.5) is 0 Å². The Kier molecular flexibility index (Phi) is 5.37. The lowest BCUT2D eigenvalue weighted by Gasteiger charge is -2.26. The van der Waals surface area contributed by atoms with E-state index < -0.39 is 5.54 Å². The van der Waals surface area contributed by atoms with Crippen molar-refractivity contribution in [1.29, 1.82) is 0 Å². The zero-order valence-electron chi connectivity index (χ0n) is 10.1. The normalized spacial score (nSPS) is 14.2. The molecule has 0 aliphatic heterocycles. The van der Waals surface area contributed by atoms with Crippen LogP contribution in [0.5, 0.6) is 0 Å². The van der Waals surface area contributed by atoms with E-state index in [-0.39, 0.29) is 5.91 Å². The molecule has 0 radical (unpaired) electrons. The molecule has 17 heavy (non-hydrogen) atoms. The molecule has 3 N–H and O–H groups in total. The van der Waals surface area contributed by atoms with Crippen LogP contribution in [0.15, 0.2) is 23.6 Å². The van der Waals surface area contributed by atoms with Gasteiger partial charge in [-0.2, -0.15) is 0 Å². The average Bonchev–Trinajstić information content (AvgIpc) is 2.35. The number of rotatable bonds is 7. The van der Waals surface area contributed by atoms with Gasteiger partial charge in [-0.15, -0.1) is 11.8 Å². The third-order valence-corrected chi connectivity index (χ3v) is 3.59. The van der Waals surface area contributed by atoms with Crippen molar-refractivity contribution < 1.29 is 4.79 Å². The number of nitrogens with zero attached hydrogens (tertiary/aromatic N) is 2. The van der Waals surface area contributed by atoms with Crippen LogP contribution in [0.1, 0.15) is 20.3 Å². The molecule has 0 spiro atoms. The molecule has 1 rings (SSSR count). The number of hydrogen-bond donors (Lipinski definition) is 2. The highest BCUT2D eigenvalue weighted by Crippen LogP contribution is 2.19. The first-order chi connectivity index (χ1) is 8.08. The van der Waals surface area contributed by atoms with Crippen LogP contribution in [0.2, 0.25) is 0 Å². The number of carbonyl (C=O) groups excluding carboxylic acids is 1. The number of aromatic nitrogens is 2. The van der Waals surface area contributed by atoms with E-state index in [1.165, 1.54) is 11.8 Å². The van der Waals surface area contributed by atoms with Crippen molar-refractivity contribution in [2.75, 3.05) is 12.3 Å². The van der Waals surface area contributed by atoms with Crippen molar-refractivity contribution in [3.05, 3.63) is 18.6 Å². The Bertz CT molecular complexity index is 360. The maximum atomic E-state index is 11.5. The Morgan fingerprint density at radius 1 is 1.59 bits per heavy atom. The number of amides is 1. The summed E-state index contributed by atoms with van der Waals surface area (Å²) in [4.78, 5) is 19.6. The van der Waals surface area contributed by atoms with Crippen LogP contribution in [-0.2, 0) is 4.79 Å². The van der Waals surface area contributed by atoms with Gasteiger partial charge in [0.1, 0.15) is 10.6 Å². The van der Waals surface area contributed by atoms with Crippen LogP contribution in [0, 0.1) is 0 Å². The number of carbonyl (C=O) groups is 1. The second-order valence-electron chi connectivity index (χ2n) is 3.96. The summed E-state index contributed by atoms with van der Waals surface area (Å²) in [5.74, 6) is 0.198. The maximum absolute atomic E-state index is 11.5. The van der Waals surface area contributed by atoms with Crippen LogP contribution >= 0.6 is 11.8 Å². The fourth-order valence-electron chi connectivity index (χ4n) is 1.19. The maximum Gasteiger partial charge on any atom is 0.238 e. The molecule has 0 saturated heterocycles. The van der Waals surface area contributed by atoms with Crippen molar-refractivity contribution in [3.63, 3.8) is 0 Å². The molecule has 6 heteroatoms. The fourth-order valence-corrected chi connectivity index (χ4v) is 2.14. The molecule has 1 unspecified atom stereocenters. The van der Waals surface area contributed by atoms with E-state index in [1.807, 2.05) is 13.8 Å². The standard InChI is InChI=1S/C11H18N4OS/c1-3-4-15-11(2,10(12)16)8-17-9-7-13-5-6-14-9/h5-7,15H,3-4,8H2,1-2H3,(H2,12,16). The smallest absolute Gasteiger partial charge is 0.238 e. The SMILES string of the molecule is CCCNC(C)(CSc1cnccn1)C(N)=O. The molecular formula is C11H18N4OS. The molecule has 0 saturated carbocycles. The third kappa shape index (κ3) is 4.32. The van der Waals surface area contributed by atoms with Crippen molar-refractivity contribution in [1.82, 2.24) is 15.3 Å². The molecule has 0 fully saturated rings. The minimum absolute atomic E-state index is 0.345. The fraction of sp³-hybridized carbons (Fsp3) is 0.545. The molecule has 1 aromatic heterocycles. The average molecular weight is 254 g/mol. The van der Waals surface area contributed by atoms with E-state index in [0.717, 1.165) is 18.0 Å². The largest absolute Gasteiger partial charge is 0.368 e. The predicted octanol–water partition coefficient (Wildman–Crippen LogP) is 0.812. The summed E-state index contributed by atoms with van der Waals surface area (Å²) in [6, 6.07) is 0. The Labute approximate surface area is 106 Å². The molecule has 0 aliphatic carbocycles. The van der Waals surface area contributed by atoms with E-state index in [2.05, 4.69) is 15.3 Å². The highest BCUT2D eigenvalue weighted by atomic mass is 32.2. The second kappa shape index (κ2) is 6.56. The highest BCUT2D eigenvalue weighted by Gasteiger charge is 2.30. The van der Waals surface area contributed by atoms with E-state index in [9.17, 15) is 4.79 Å². The van der Waals surface area contributed by atoms with Crippen molar-refractivity contribution in [2.24, 2.45) is 5.73 Å². The van der Waals surface area contributed by atoms with E-state index in [1.54, 1.807) is 18.6 Å². The Morgan fingerprint density at radius 2 is 2.35 bits per heavy atom. The number of thioether (sulfide) groups is 1. The minimum Gasteiger partial charge on any atom is -0.368 e. The predicted molar refractivity (Wildman–Crippen MR) is 68.6 cm³/mol. The quantitative estimate of drug-likeness (QED) is 0.704. The highest BCUT2D eigenvalue weighted by molar-refractivity contribution is 7.99. The topological polar surface area (TPSA) is 80.9 Å². The summed E-state index contributed by atoms with van der Waals surface area (Å²) in [5.41, 5.74) is 4.71. The number of primary amides is 1. The van der Waals surface area contributed by atoms with Crippen LogP contribution in [-0.4, -0.2) is 33.7 Å². The van der Waals surface area contributed by atoms with E-state index in [0.29, 0.717) is 5.75 Å². The van der Waals surface area contributed by atoms with Crippen molar-refractivity contribution in [3.8, 4) is 0 Å². The molecule has 0 aliphatic rings. The van der Waals surface area contributed by atoms with Gasteiger partial charge in [0.05, 0.1) is 6.20 Å². The summed E-state index contributed by atoms with van der Waals surface area (Å²) in [6.07, 6.45) is 5.88. The Morgan fingerprint density at radius 3 is 2.88 bits per heavy atom. The molecule has 0 aromatic carbocycles. The van der Waals surface area contributed by atoms with Crippen LogP contribution < -0.4 is 11.1 Å². The first-order valence-electron chi connectivity index (χ1n) is 5.52. The van der Waals surface area contributed by atoms with E-state index >= 15 is 0 Å². The third-order valence-electron chi connectivity index (χ3n) is 2.36. The summed E-state index contributed by atoms with van der Waals surface area (Å²) < 4.78 is 0. The summed E-state index contributed by atoms with van der Waals surface area (Å²) in [5, 5.41) is 3.96. The summed E-state index contributed by atoms with van der Waals surface area (Å²) >= 11 is 1.47. The molecule has 94 valence electrons. The first kappa shape index (κ1) is 13.9. The summed E-state index contributed by atoms with van der Waals surface area (Å²) in [7, 11) is 0. The molecule has 1 amide bonds. The van der Waals surface area contributed by atoms with Gasteiger partial charge in [-0.3, -0.25) is 9.78 Å². The van der Waals surface area contributed by atoms with Gasteiger partial charge < -0.3 is 11.1 Å². The number of hydrogen-bond acceptors (Lipinski definition) is 5. The van der Waals surface area contributed by atoms with E-state index in [4.69, 9.17) is 5.73 Å². The molecular weight excluding hydrogens is 236 g/mol. The van der Waals surface area contributed by atoms with Gasteiger partial charge in [-0.25, -0.2) is 4.98 Å². The second-order valence-corrected chi connectivity index (χ2v) is 4.95. The summed E-state index contributed by atoms with van der Waals surface area (Å²) in [6.45, 7) is 4.62. The van der Waals surface area contributed by atoms with Gasteiger partial charge in [0.2, 0.25) is 5.91 Å². The molecule has 0 bridgehead atoms. The van der Waals surface area contributed by atoms with Crippen molar-refractivity contribution in [2.45, 2.75) is 30.8 Å². The van der Waals surface area contributed by atoms with Gasteiger partial charge in [0, 0.05) is 18.1 Å². The van der Waals surface area contributed by atoms with Gasteiger partial charge >= 0.3 is 0 Å². The number of nitrogens with two attached hydrogens (primary N) is 1. The molecule has 1 heterocycles. The molecule has 1 aromatic rings. The first-order valence-corrected chi connectivity index (χ1v) is 6.51. The van der Waals surface area contributed by atoms with Gasteiger partial charge in [0.25, 0.3) is 0 Å². The Balaban J connectivity index is 2.58. The van der Waals surface area contributed by atoms with Gasteiger partial charge in [0.15, 0.2) is 0 Å². The minimum atomic E-state index is -0.710. The van der Waals surface area contributed by atoms with Crippen molar-refractivity contribution >= 4 is 17.7 Å². The van der Waals surface area contributed by atoms with Gasteiger partial charge in [-0.1, -0.05) is 6.92 Å². The lowest BCUT2D eigenvalue weighted by molar-refractivity contribution is -0.122. The Hall–Kier alpha value is -1.14. The van der Waals surface area contributed by atoms with Gasteiger partial charge in [-0.05, 0) is 19.9 Å². The molecule has 1 atom stereocenters. The number of nitrogens with one attached hydrogen (secondary N) is 1. The van der Waals surface area contributed by atoms with Crippen LogP contribution in [0.3, 0.4) is 0 Å². The lowest BCUT2D eigenvalue weighted by Crippen LogP contribution is -2.55. The van der Waals surface area contributed by atoms with Crippen LogP contribution in [0.25, 0.3) is 0 Å². The monoisotopic (exact) mass is 254 g/mol.